The third-order valence-corrected chi connectivity index (χ3v) is 6.80. The number of pyridine rings is 1. The number of hydrogen-bond acceptors (Lipinski definition) is 3. The molecule has 116 valence electrons. The molecule has 2 heterocycles. The van der Waals surface area contributed by atoms with E-state index in [0.717, 1.165) is 31.4 Å². The normalized spacial score (nSPS) is 24.7. The summed E-state index contributed by atoms with van der Waals surface area (Å²) in [5.41, 5.74) is 1.07. The van der Waals surface area contributed by atoms with Gasteiger partial charge in [0.2, 0.25) is 10.0 Å². The van der Waals surface area contributed by atoms with Gasteiger partial charge < -0.3 is 0 Å². The van der Waals surface area contributed by atoms with E-state index in [4.69, 9.17) is 0 Å². The van der Waals surface area contributed by atoms with E-state index in [9.17, 15) is 8.42 Å². The minimum atomic E-state index is -3.06. The molecule has 0 radical (unpaired) electrons. The Morgan fingerprint density at radius 3 is 2.67 bits per heavy atom. The molecule has 1 saturated heterocycles. The summed E-state index contributed by atoms with van der Waals surface area (Å²) in [6.07, 6.45) is 8.22. The van der Waals surface area contributed by atoms with Crippen LogP contribution in [0.25, 0.3) is 0 Å². The second-order valence-electron chi connectivity index (χ2n) is 6.47. The molecule has 0 amide bonds. The van der Waals surface area contributed by atoms with Gasteiger partial charge in [-0.05, 0) is 49.7 Å². The lowest BCUT2D eigenvalue weighted by Crippen LogP contribution is -2.33. The highest BCUT2D eigenvalue weighted by atomic mass is 32.2. The fraction of sp³-hybridized carbons (Fsp3) is 0.688. The van der Waals surface area contributed by atoms with Crippen LogP contribution in [0.2, 0.25) is 0 Å². The number of aromatic nitrogens is 1. The molecule has 0 aromatic carbocycles. The first-order valence-corrected chi connectivity index (χ1v) is 9.62. The van der Waals surface area contributed by atoms with Crippen molar-refractivity contribution in [2.24, 2.45) is 11.8 Å². The molecule has 1 aliphatic carbocycles. The summed E-state index contributed by atoms with van der Waals surface area (Å²) in [6, 6.07) is 5.93. The third kappa shape index (κ3) is 3.83. The molecule has 0 N–H and O–H groups in total. The lowest BCUT2D eigenvalue weighted by atomic mass is 10.0. The van der Waals surface area contributed by atoms with Crippen molar-refractivity contribution in [2.75, 3.05) is 18.8 Å². The Bertz CT molecular complexity index is 553. The Labute approximate surface area is 127 Å². The van der Waals surface area contributed by atoms with Gasteiger partial charge in [-0.15, -0.1) is 0 Å². The predicted molar refractivity (Wildman–Crippen MR) is 83.4 cm³/mol. The summed E-state index contributed by atoms with van der Waals surface area (Å²) >= 11 is 0. The summed E-state index contributed by atoms with van der Waals surface area (Å²) in [5, 5.41) is 0. The van der Waals surface area contributed by atoms with E-state index >= 15 is 0 Å². The summed E-state index contributed by atoms with van der Waals surface area (Å²) < 4.78 is 26.7. The zero-order valence-electron chi connectivity index (χ0n) is 12.4. The van der Waals surface area contributed by atoms with Crippen molar-refractivity contribution in [2.45, 2.75) is 38.5 Å². The summed E-state index contributed by atoms with van der Waals surface area (Å²) in [7, 11) is -3.06. The maximum absolute atomic E-state index is 12.5. The first-order chi connectivity index (χ1) is 10.1. The van der Waals surface area contributed by atoms with Gasteiger partial charge in [0.1, 0.15) is 0 Å². The summed E-state index contributed by atoms with van der Waals surface area (Å²) in [6.45, 7) is 1.36. The zero-order chi connectivity index (χ0) is 14.7. The molecule has 0 bridgehead atoms. The van der Waals surface area contributed by atoms with Crippen molar-refractivity contribution in [3.63, 3.8) is 0 Å². The molecule has 1 aromatic rings. The quantitative estimate of drug-likeness (QED) is 0.839. The standard InChI is InChI=1S/C16H24N2O2S/c19-21(20,13-14-5-1-2-6-14)18-10-8-15(12-18)11-16-7-3-4-9-17-16/h3-4,7,9,14-15H,1-2,5-6,8,10-13H2. The van der Waals surface area contributed by atoms with Gasteiger partial charge in [-0.1, -0.05) is 18.9 Å². The average Bonchev–Trinajstić information content (AvgIpc) is 3.11. The first kappa shape index (κ1) is 15.0. The topological polar surface area (TPSA) is 50.3 Å². The molecular weight excluding hydrogens is 284 g/mol. The van der Waals surface area contributed by atoms with Crippen LogP contribution in [0, 0.1) is 11.8 Å². The molecule has 2 aliphatic rings. The Hall–Kier alpha value is -0.940. The highest BCUT2D eigenvalue weighted by Crippen LogP contribution is 2.29. The molecule has 3 rings (SSSR count). The number of nitrogens with zero attached hydrogens (tertiary/aromatic N) is 2. The van der Waals surface area contributed by atoms with E-state index in [1.54, 1.807) is 10.5 Å². The molecule has 1 aromatic heterocycles. The van der Waals surface area contributed by atoms with E-state index in [1.165, 1.54) is 12.8 Å². The molecule has 2 fully saturated rings. The van der Waals surface area contributed by atoms with Crippen LogP contribution in [0.15, 0.2) is 24.4 Å². The van der Waals surface area contributed by atoms with E-state index < -0.39 is 10.0 Å². The molecule has 4 nitrogen and oxygen atoms in total. The Morgan fingerprint density at radius 1 is 1.14 bits per heavy atom. The van der Waals surface area contributed by atoms with Crippen LogP contribution in [0.3, 0.4) is 0 Å². The van der Waals surface area contributed by atoms with Crippen molar-refractivity contribution in [1.82, 2.24) is 9.29 Å². The highest BCUT2D eigenvalue weighted by Gasteiger charge is 2.33. The van der Waals surface area contributed by atoms with Gasteiger partial charge in [0, 0.05) is 25.0 Å². The predicted octanol–water partition coefficient (Wildman–Crippen LogP) is 2.47. The van der Waals surface area contributed by atoms with Crippen LogP contribution < -0.4 is 0 Å². The SMILES string of the molecule is O=S(=O)(CC1CCCC1)N1CCC(Cc2ccccn2)C1. The monoisotopic (exact) mass is 308 g/mol. The molecule has 1 unspecified atom stereocenters. The number of sulfonamides is 1. The van der Waals surface area contributed by atoms with Crippen LogP contribution in [-0.4, -0.2) is 36.5 Å². The third-order valence-electron chi connectivity index (χ3n) is 4.79. The van der Waals surface area contributed by atoms with Gasteiger partial charge in [-0.25, -0.2) is 12.7 Å². The minimum Gasteiger partial charge on any atom is -0.261 e. The molecule has 5 heteroatoms. The Morgan fingerprint density at radius 2 is 1.95 bits per heavy atom. The molecular formula is C16H24N2O2S. The van der Waals surface area contributed by atoms with Crippen molar-refractivity contribution < 1.29 is 8.42 Å². The molecule has 21 heavy (non-hydrogen) atoms. The maximum Gasteiger partial charge on any atom is 0.214 e. The zero-order valence-corrected chi connectivity index (χ0v) is 13.3. The second kappa shape index (κ2) is 6.44. The van der Waals surface area contributed by atoms with Crippen LogP contribution in [0.1, 0.15) is 37.8 Å². The summed E-state index contributed by atoms with van der Waals surface area (Å²) in [5.74, 6) is 1.17. The highest BCUT2D eigenvalue weighted by molar-refractivity contribution is 7.89. The van der Waals surface area contributed by atoms with Crippen molar-refractivity contribution in [3.05, 3.63) is 30.1 Å². The van der Waals surface area contributed by atoms with Crippen LogP contribution in [0.4, 0.5) is 0 Å². The van der Waals surface area contributed by atoms with Crippen LogP contribution in [0.5, 0.6) is 0 Å². The smallest absolute Gasteiger partial charge is 0.214 e. The average molecular weight is 308 g/mol. The minimum absolute atomic E-state index is 0.364. The largest absolute Gasteiger partial charge is 0.261 e. The van der Waals surface area contributed by atoms with Gasteiger partial charge in [0.25, 0.3) is 0 Å². The van der Waals surface area contributed by atoms with E-state index in [0.29, 0.717) is 30.7 Å². The Balaban J connectivity index is 1.56. The lowest BCUT2D eigenvalue weighted by molar-refractivity contribution is 0.444. The van der Waals surface area contributed by atoms with Crippen molar-refractivity contribution in [1.29, 1.82) is 0 Å². The fourth-order valence-electron chi connectivity index (χ4n) is 3.61. The Kier molecular flexibility index (Phi) is 4.60. The second-order valence-corrected chi connectivity index (χ2v) is 8.48. The summed E-state index contributed by atoms with van der Waals surface area (Å²) in [4.78, 5) is 4.34. The fourth-order valence-corrected chi connectivity index (χ4v) is 5.57. The van der Waals surface area contributed by atoms with E-state index in [2.05, 4.69) is 4.98 Å². The first-order valence-electron chi connectivity index (χ1n) is 8.01. The van der Waals surface area contributed by atoms with Gasteiger partial charge in [0.05, 0.1) is 5.75 Å². The van der Waals surface area contributed by atoms with E-state index in [1.807, 2.05) is 18.2 Å². The molecule has 0 spiro atoms. The van der Waals surface area contributed by atoms with Crippen molar-refractivity contribution in [3.8, 4) is 0 Å². The van der Waals surface area contributed by atoms with Crippen LogP contribution >= 0.6 is 0 Å². The van der Waals surface area contributed by atoms with Gasteiger partial charge in [-0.3, -0.25) is 4.98 Å². The van der Waals surface area contributed by atoms with Gasteiger partial charge >= 0.3 is 0 Å². The molecule has 1 saturated carbocycles. The molecule has 1 atom stereocenters. The van der Waals surface area contributed by atoms with Gasteiger partial charge in [-0.2, -0.15) is 0 Å². The van der Waals surface area contributed by atoms with Crippen LogP contribution in [-0.2, 0) is 16.4 Å². The number of rotatable bonds is 5. The lowest BCUT2D eigenvalue weighted by Gasteiger charge is -2.19. The van der Waals surface area contributed by atoms with Gasteiger partial charge in [0.15, 0.2) is 0 Å². The molecule has 1 aliphatic heterocycles. The number of hydrogen-bond donors (Lipinski definition) is 0. The maximum atomic E-state index is 12.5. The van der Waals surface area contributed by atoms with E-state index in [-0.39, 0.29) is 0 Å². The van der Waals surface area contributed by atoms with Crippen molar-refractivity contribution >= 4 is 10.0 Å².